The molecule has 1 saturated heterocycles. The van der Waals surface area contributed by atoms with E-state index in [1.807, 2.05) is 30.5 Å². The van der Waals surface area contributed by atoms with E-state index >= 15 is 0 Å². The Bertz CT molecular complexity index is 597. The standard InChI is InChI=1S/C18H24N4O/c1-23-17-6-4-5-16(15-17)22-13-11-21(12-14-22)10-9-20-18-7-2-3-8-19-18/h2-8,15H,9-14H2,1H3,(H,19,20). The number of pyridine rings is 1. The number of anilines is 2. The first kappa shape index (κ1) is 15.6. The van der Waals surface area contributed by atoms with Gasteiger partial charge in [0.1, 0.15) is 11.6 Å². The van der Waals surface area contributed by atoms with E-state index in [9.17, 15) is 0 Å². The van der Waals surface area contributed by atoms with Crippen molar-refractivity contribution in [3.8, 4) is 5.75 Å². The molecule has 1 fully saturated rings. The fourth-order valence-corrected chi connectivity index (χ4v) is 2.85. The molecule has 1 aromatic carbocycles. The van der Waals surface area contributed by atoms with Crippen molar-refractivity contribution in [2.24, 2.45) is 0 Å². The number of piperazine rings is 1. The second-order valence-corrected chi connectivity index (χ2v) is 5.67. The summed E-state index contributed by atoms with van der Waals surface area (Å²) in [4.78, 5) is 9.19. The SMILES string of the molecule is COc1cccc(N2CCN(CCNc3ccccn3)CC2)c1. The first-order chi connectivity index (χ1) is 11.3. The van der Waals surface area contributed by atoms with E-state index in [4.69, 9.17) is 4.74 Å². The Hall–Kier alpha value is -2.27. The van der Waals surface area contributed by atoms with Crippen LogP contribution in [-0.2, 0) is 0 Å². The molecule has 0 amide bonds. The molecule has 1 aliphatic heterocycles. The molecular weight excluding hydrogens is 288 g/mol. The zero-order chi connectivity index (χ0) is 15.9. The summed E-state index contributed by atoms with van der Waals surface area (Å²) in [5, 5.41) is 3.37. The van der Waals surface area contributed by atoms with Gasteiger partial charge in [-0.05, 0) is 24.3 Å². The van der Waals surface area contributed by atoms with Crippen LogP contribution in [0.25, 0.3) is 0 Å². The highest BCUT2D eigenvalue weighted by Crippen LogP contribution is 2.21. The van der Waals surface area contributed by atoms with Gasteiger partial charge in [0.15, 0.2) is 0 Å². The van der Waals surface area contributed by atoms with E-state index in [0.717, 1.165) is 50.8 Å². The third kappa shape index (κ3) is 4.36. The third-order valence-electron chi connectivity index (χ3n) is 4.19. The molecule has 1 aromatic heterocycles. The average Bonchev–Trinajstić information content (AvgIpc) is 2.63. The normalized spacial score (nSPS) is 15.4. The molecule has 3 rings (SSSR count). The van der Waals surface area contributed by atoms with E-state index in [1.54, 1.807) is 7.11 Å². The summed E-state index contributed by atoms with van der Waals surface area (Å²) in [7, 11) is 1.71. The molecule has 122 valence electrons. The van der Waals surface area contributed by atoms with Crippen LogP contribution in [0.4, 0.5) is 11.5 Å². The van der Waals surface area contributed by atoms with Gasteiger partial charge in [0.05, 0.1) is 7.11 Å². The lowest BCUT2D eigenvalue weighted by atomic mass is 10.2. The Labute approximate surface area is 137 Å². The molecule has 5 nitrogen and oxygen atoms in total. The molecular formula is C18H24N4O. The monoisotopic (exact) mass is 312 g/mol. The molecule has 0 bridgehead atoms. The Morgan fingerprint density at radius 2 is 1.96 bits per heavy atom. The highest BCUT2D eigenvalue weighted by atomic mass is 16.5. The Morgan fingerprint density at radius 3 is 2.70 bits per heavy atom. The molecule has 23 heavy (non-hydrogen) atoms. The molecule has 0 radical (unpaired) electrons. The molecule has 0 atom stereocenters. The molecule has 0 aliphatic carbocycles. The zero-order valence-corrected chi connectivity index (χ0v) is 13.6. The molecule has 2 aromatic rings. The van der Waals surface area contributed by atoms with Crippen molar-refractivity contribution in [2.75, 3.05) is 56.6 Å². The van der Waals surface area contributed by atoms with Crippen molar-refractivity contribution in [1.82, 2.24) is 9.88 Å². The number of nitrogens with one attached hydrogen (secondary N) is 1. The van der Waals surface area contributed by atoms with Crippen molar-refractivity contribution < 1.29 is 4.74 Å². The second kappa shape index (κ2) is 7.83. The van der Waals surface area contributed by atoms with Gasteiger partial charge in [-0.1, -0.05) is 12.1 Å². The van der Waals surface area contributed by atoms with Crippen LogP contribution in [0, 0.1) is 0 Å². The third-order valence-corrected chi connectivity index (χ3v) is 4.19. The van der Waals surface area contributed by atoms with Gasteiger partial charge in [-0.15, -0.1) is 0 Å². The maximum atomic E-state index is 5.31. The first-order valence-corrected chi connectivity index (χ1v) is 8.11. The van der Waals surface area contributed by atoms with Crippen molar-refractivity contribution in [3.05, 3.63) is 48.7 Å². The number of nitrogens with zero attached hydrogens (tertiary/aromatic N) is 3. The lowest BCUT2D eigenvalue weighted by Gasteiger charge is -2.36. The topological polar surface area (TPSA) is 40.6 Å². The smallest absolute Gasteiger partial charge is 0.125 e. The van der Waals surface area contributed by atoms with Crippen LogP contribution in [0.5, 0.6) is 5.75 Å². The lowest BCUT2D eigenvalue weighted by Crippen LogP contribution is -2.47. The van der Waals surface area contributed by atoms with Crippen LogP contribution < -0.4 is 15.0 Å². The molecule has 0 unspecified atom stereocenters. The quantitative estimate of drug-likeness (QED) is 0.886. The first-order valence-electron chi connectivity index (χ1n) is 8.11. The minimum absolute atomic E-state index is 0.921. The van der Waals surface area contributed by atoms with Crippen LogP contribution >= 0.6 is 0 Å². The van der Waals surface area contributed by atoms with Crippen LogP contribution in [0.2, 0.25) is 0 Å². The molecule has 1 N–H and O–H groups in total. The number of benzene rings is 1. The second-order valence-electron chi connectivity index (χ2n) is 5.67. The predicted octanol–water partition coefficient (Wildman–Crippen LogP) is 2.32. The Morgan fingerprint density at radius 1 is 1.09 bits per heavy atom. The summed E-state index contributed by atoms with van der Waals surface area (Å²) in [6.07, 6.45) is 1.81. The maximum absolute atomic E-state index is 5.31. The van der Waals surface area contributed by atoms with Crippen molar-refractivity contribution in [3.63, 3.8) is 0 Å². The van der Waals surface area contributed by atoms with Gasteiger partial charge in [-0.2, -0.15) is 0 Å². The molecule has 2 heterocycles. The Balaban J connectivity index is 1.43. The largest absolute Gasteiger partial charge is 0.497 e. The number of methoxy groups -OCH3 is 1. The van der Waals surface area contributed by atoms with Gasteiger partial charge in [0.25, 0.3) is 0 Å². The number of hydrogen-bond acceptors (Lipinski definition) is 5. The highest BCUT2D eigenvalue weighted by Gasteiger charge is 2.17. The summed E-state index contributed by atoms with van der Waals surface area (Å²) in [6.45, 7) is 6.24. The molecule has 1 aliphatic rings. The van der Waals surface area contributed by atoms with Gasteiger partial charge < -0.3 is 15.0 Å². The van der Waals surface area contributed by atoms with Gasteiger partial charge >= 0.3 is 0 Å². The van der Waals surface area contributed by atoms with Crippen molar-refractivity contribution >= 4 is 11.5 Å². The summed E-state index contributed by atoms with van der Waals surface area (Å²) in [6, 6.07) is 14.2. The number of rotatable bonds is 6. The van der Waals surface area contributed by atoms with E-state index in [1.165, 1.54) is 5.69 Å². The molecule has 0 spiro atoms. The Kier molecular flexibility index (Phi) is 5.32. The van der Waals surface area contributed by atoms with E-state index in [-0.39, 0.29) is 0 Å². The zero-order valence-electron chi connectivity index (χ0n) is 13.6. The number of ether oxygens (including phenoxy) is 1. The maximum Gasteiger partial charge on any atom is 0.125 e. The van der Waals surface area contributed by atoms with E-state index in [0.29, 0.717) is 0 Å². The minimum atomic E-state index is 0.921. The van der Waals surface area contributed by atoms with Crippen LogP contribution in [-0.4, -0.2) is 56.3 Å². The van der Waals surface area contributed by atoms with Gasteiger partial charge in [0.2, 0.25) is 0 Å². The fraction of sp³-hybridized carbons (Fsp3) is 0.389. The summed E-state index contributed by atoms with van der Waals surface area (Å²) in [5.41, 5.74) is 1.25. The fourth-order valence-electron chi connectivity index (χ4n) is 2.85. The number of hydrogen-bond donors (Lipinski definition) is 1. The van der Waals surface area contributed by atoms with Gasteiger partial charge in [0, 0.05) is 57.2 Å². The molecule has 5 heteroatoms. The van der Waals surface area contributed by atoms with Crippen LogP contribution in [0.3, 0.4) is 0 Å². The summed E-state index contributed by atoms with van der Waals surface area (Å²) < 4.78 is 5.31. The van der Waals surface area contributed by atoms with E-state index < -0.39 is 0 Å². The van der Waals surface area contributed by atoms with Crippen molar-refractivity contribution in [1.29, 1.82) is 0 Å². The molecule has 0 saturated carbocycles. The van der Waals surface area contributed by atoms with Crippen molar-refractivity contribution in [2.45, 2.75) is 0 Å². The highest BCUT2D eigenvalue weighted by molar-refractivity contribution is 5.51. The van der Waals surface area contributed by atoms with Gasteiger partial charge in [-0.3, -0.25) is 4.90 Å². The number of aromatic nitrogens is 1. The average molecular weight is 312 g/mol. The minimum Gasteiger partial charge on any atom is -0.497 e. The summed E-state index contributed by atoms with van der Waals surface area (Å²) in [5.74, 6) is 1.87. The predicted molar refractivity (Wildman–Crippen MR) is 94.4 cm³/mol. The van der Waals surface area contributed by atoms with E-state index in [2.05, 4.69) is 38.3 Å². The van der Waals surface area contributed by atoms with Crippen LogP contribution in [0.15, 0.2) is 48.7 Å². The van der Waals surface area contributed by atoms with Crippen LogP contribution in [0.1, 0.15) is 0 Å². The summed E-state index contributed by atoms with van der Waals surface area (Å²) >= 11 is 0. The van der Waals surface area contributed by atoms with Gasteiger partial charge in [-0.25, -0.2) is 4.98 Å². The lowest BCUT2D eigenvalue weighted by molar-refractivity contribution is 0.267.